The van der Waals surface area contributed by atoms with Crippen molar-refractivity contribution >= 4 is 23.6 Å². The Morgan fingerprint density at radius 3 is 2.24 bits per heavy atom. The van der Waals surface area contributed by atoms with Crippen LogP contribution in [-0.4, -0.2) is 74.4 Å². The van der Waals surface area contributed by atoms with Crippen LogP contribution >= 0.6 is 11.8 Å². The van der Waals surface area contributed by atoms with Gasteiger partial charge in [-0.3, -0.25) is 14.2 Å². The van der Waals surface area contributed by atoms with E-state index in [0.29, 0.717) is 38.2 Å². The third-order valence-corrected chi connectivity index (χ3v) is 9.13. The van der Waals surface area contributed by atoms with Crippen LogP contribution in [0.25, 0.3) is 17.1 Å². The number of piperazine rings is 1. The zero-order valence-corrected chi connectivity index (χ0v) is 27.6. The van der Waals surface area contributed by atoms with Crippen molar-refractivity contribution in [3.8, 4) is 22.8 Å². The highest BCUT2D eigenvalue weighted by Gasteiger charge is 2.30. The lowest BCUT2D eigenvalue weighted by Gasteiger charge is -2.40. The van der Waals surface area contributed by atoms with Crippen molar-refractivity contribution in [2.45, 2.75) is 64.6 Å². The normalized spacial score (nSPS) is 14.9. The number of aryl methyl sites for hydroxylation is 2. The zero-order chi connectivity index (χ0) is 31.8. The summed E-state index contributed by atoms with van der Waals surface area (Å²) in [5, 5.41) is 9.90. The molecule has 2 amide bonds. The van der Waals surface area contributed by atoms with Crippen molar-refractivity contribution < 1.29 is 14.3 Å². The molecule has 4 aromatic rings. The summed E-state index contributed by atoms with van der Waals surface area (Å²) in [4.78, 5) is 30.1. The Labute approximate surface area is 270 Å². The number of unbranched alkanes of at least 4 members (excludes halogenated alkanes) is 1. The van der Waals surface area contributed by atoms with Gasteiger partial charge in [-0.25, -0.2) is 0 Å². The van der Waals surface area contributed by atoms with Gasteiger partial charge in [-0.2, -0.15) is 0 Å². The van der Waals surface area contributed by atoms with Crippen molar-refractivity contribution in [1.82, 2.24) is 24.6 Å². The fourth-order valence-corrected chi connectivity index (χ4v) is 6.30. The minimum absolute atomic E-state index is 0.00574. The Hall–Kier alpha value is -4.11. The first-order valence-electron chi connectivity index (χ1n) is 15.9. The molecule has 1 aliphatic rings. The van der Waals surface area contributed by atoms with Crippen molar-refractivity contribution in [2.24, 2.45) is 0 Å². The number of amides is 2. The molecule has 0 bridgehead atoms. The maximum atomic E-state index is 13.2. The lowest BCUT2D eigenvalue weighted by molar-refractivity contribution is -0.133. The third-order valence-electron chi connectivity index (χ3n) is 8.11. The lowest BCUT2D eigenvalue weighted by Crippen LogP contribution is -2.55. The van der Waals surface area contributed by atoms with E-state index in [1.165, 1.54) is 11.1 Å². The Kier molecular flexibility index (Phi) is 10.9. The van der Waals surface area contributed by atoms with Gasteiger partial charge in [0.15, 0.2) is 11.0 Å². The van der Waals surface area contributed by atoms with Gasteiger partial charge in [-0.15, -0.1) is 10.2 Å². The van der Waals surface area contributed by atoms with Crippen LogP contribution in [0.2, 0.25) is 0 Å². The summed E-state index contributed by atoms with van der Waals surface area (Å²) in [6.07, 6.45) is 3.27. The molecule has 0 saturated carbocycles. The van der Waals surface area contributed by atoms with Crippen molar-refractivity contribution in [3.63, 3.8) is 0 Å². The van der Waals surface area contributed by atoms with Gasteiger partial charge in [0.05, 0.1) is 6.61 Å². The van der Waals surface area contributed by atoms with Crippen LogP contribution in [-0.2, 0) is 4.79 Å². The SMILES string of the molecule is CCCCOc1ccc(C(=O)N2CCN(C(=O)CCCSc3nnc(-c4ccc(C)cc4)n3-c3ccc(C)cc3)CC2C)cc1. The van der Waals surface area contributed by atoms with Gasteiger partial charge in [0, 0.05) is 54.7 Å². The number of ether oxygens (including phenoxy) is 1. The molecule has 1 saturated heterocycles. The van der Waals surface area contributed by atoms with E-state index >= 15 is 0 Å². The number of rotatable bonds is 12. The monoisotopic (exact) mass is 625 g/mol. The predicted molar refractivity (Wildman–Crippen MR) is 180 cm³/mol. The quantitative estimate of drug-likeness (QED) is 0.125. The largest absolute Gasteiger partial charge is 0.494 e. The summed E-state index contributed by atoms with van der Waals surface area (Å²) in [6.45, 7) is 10.6. The van der Waals surface area contributed by atoms with E-state index in [1.54, 1.807) is 11.8 Å². The second-order valence-electron chi connectivity index (χ2n) is 11.7. The van der Waals surface area contributed by atoms with Gasteiger partial charge in [0.2, 0.25) is 5.91 Å². The molecule has 1 atom stereocenters. The fourth-order valence-electron chi connectivity index (χ4n) is 5.40. The smallest absolute Gasteiger partial charge is 0.254 e. The number of thioether (sulfide) groups is 1. The Morgan fingerprint density at radius 2 is 1.58 bits per heavy atom. The first kappa shape index (κ1) is 32.3. The molecule has 1 aromatic heterocycles. The summed E-state index contributed by atoms with van der Waals surface area (Å²) in [5.74, 6) is 2.45. The number of nitrogens with zero attached hydrogens (tertiary/aromatic N) is 5. The van der Waals surface area contributed by atoms with Crippen LogP contribution in [0.1, 0.15) is 61.0 Å². The average Bonchev–Trinajstić information content (AvgIpc) is 3.47. The highest BCUT2D eigenvalue weighted by Crippen LogP contribution is 2.29. The first-order valence-corrected chi connectivity index (χ1v) is 16.9. The number of carbonyl (C=O) groups is 2. The van der Waals surface area contributed by atoms with Crippen molar-refractivity contribution in [1.29, 1.82) is 0 Å². The topological polar surface area (TPSA) is 80.6 Å². The minimum atomic E-state index is -0.0571. The predicted octanol–water partition coefficient (Wildman–Crippen LogP) is 6.98. The van der Waals surface area contributed by atoms with E-state index in [-0.39, 0.29) is 17.9 Å². The van der Waals surface area contributed by atoms with Gasteiger partial charge in [0.1, 0.15) is 5.75 Å². The summed E-state index contributed by atoms with van der Waals surface area (Å²) in [5.41, 5.74) is 5.05. The molecule has 5 rings (SSSR count). The van der Waals surface area contributed by atoms with E-state index in [2.05, 4.69) is 84.1 Å². The molecule has 1 aliphatic heterocycles. The molecule has 45 heavy (non-hydrogen) atoms. The molecule has 8 nitrogen and oxygen atoms in total. The summed E-state index contributed by atoms with van der Waals surface area (Å²) in [6, 6.07) is 24.0. The van der Waals surface area contributed by atoms with E-state index in [0.717, 1.165) is 53.0 Å². The summed E-state index contributed by atoms with van der Waals surface area (Å²) in [7, 11) is 0. The molecule has 0 radical (unpaired) electrons. The number of carbonyl (C=O) groups excluding carboxylic acids is 2. The molecule has 0 N–H and O–H groups in total. The van der Waals surface area contributed by atoms with E-state index in [9.17, 15) is 9.59 Å². The maximum Gasteiger partial charge on any atom is 0.254 e. The molecule has 2 heterocycles. The number of hydrogen-bond acceptors (Lipinski definition) is 6. The molecular weight excluding hydrogens is 582 g/mol. The van der Waals surface area contributed by atoms with Gasteiger partial charge in [-0.1, -0.05) is 72.6 Å². The highest BCUT2D eigenvalue weighted by molar-refractivity contribution is 7.99. The summed E-state index contributed by atoms with van der Waals surface area (Å²) >= 11 is 1.62. The van der Waals surface area contributed by atoms with Crippen molar-refractivity contribution in [3.05, 3.63) is 89.5 Å². The Morgan fingerprint density at radius 1 is 0.889 bits per heavy atom. The molecule has 3 aromatic carbocycles. The minimum Gasteiger partial charge on any atom is -0.494 e. The van der Waals surface area contributed by atoms with E-state index in [4.69, 9.17) is 4.74 Å². The van der Waals surface area contributed by atoms with Crippen molar-refractivity contribution in [2.75, 3.05) is 32.0 Å². The van der Waals surface area contributed by atoms with Crippen LogP contribution in [0.4, 0.5) is 0 Å². The molecule has 0 spiro atoms. The Balaban J connectivity index is 1.14. The average molecular weight is 626 g/mol. The number of benzene rings is 3. The summed E-state index contributed by atoms with van der Waals surface area (Å²) < 4.78 is 7.83. The molecule has 1 fully saturated rings. The van der Waals surface area contributed by atoms with Gasteiger partial charge in [0.25, 0.3) is 5.91 Å². The van der Waals surface area contributed by atoms with Crippen LogP contribution in [0.15, 0.2) is 78.0 Å². The molecule has 1 unspecified atom stereocenters. The second kappa shape index (κ2) is 15.3. The lowest BCUT2D eigenvalue weighted by atomic mass is 10.1. The van der Waals surface area contributed by atoms with Crippen LogP contribution in [0, 0.1) is 13.8 Å². The fraction of sp³-hybridized carbons (Fsp3) is 0.389. The molecule has 0 aliphatic carbocycles. The second-order valence-corrected chi connectivity index (χ2v) is 12.8. The molecular formula is C36H43N5O3S. The zero-order valence-electron chi connectivity index (χ0n) is 26.7. The van der Waals surface area contributed by atoms with Crippen LogP contribution < -0.4 is 4.74 Å². The maximum absolute atomic E-state index is 13.2. The molecule has 9 heteroatoms. The van der Waals surface area contributed by atoms with E-state index in [1.807, 2.05) is 41.0 Å². The van der Waals surface area contributed by atoms with Crippen LogP contribution in [0.5, 0.6) is 5.75 Å². The first-order chi connectivity index (χ1) is 21.8. The number of aromatic nitrogens is 3. The number of hydrogen-bond donors (Lipinski definition) is 0. The van der Waals surface area contributed by atoms with Gasteiger partial charge in [-0.05, 0) is 70.0 Å². The standard InChI is InChI=1S/C36H43N5O3S/c1-5-6-23-44-32-19-15-30(16-20-32)35(43)40-22-21-39(25-28(40)4)33(42)8-7-24-45-36-38-37-34(29-13-9-26(2)10-14-29)41(36)31-17-11-27(3)12-18-31/h9-20,28H,5-8,21-25H2,1-4H3. The highest BCUT2D eigenvalue weighted by atomic mass is 32.2. The Bertz CT molecular complexity index is 1570. The van der Waals surface area contributed by atoms with Gasteiger partial charge >= 0.3 is 0 Å². The van der Waals surface area contributed by atoms with Gasteiger partial charge < -0.3 is 14.5 Å². The van der Waals surface area contributed by atoms with E-state index < -0.39 is 0 Å². The third kappa shape index (κ3) is 8.14. The molecule has 236 valence electrons. The van der Waals surface area contributed by atoms with Crippen LogP contribution in [0.3, 0.4) is 0 Å².